The molecule has 0 fully saturated rings. The Morgan fingerprint density at radius 3 is 2.38 bits per heavy atom. The van der Waals surface area contributed by atoms with Gasteiger partial charge in [0.15, 0.2) is 6.10 Å². The van der Waals surface area contributed by atoms with Crippen LogP contribution in [0, 0.1) is 0 Å². The van der Waals surface area contributed by atoms with Crippen LogP contribution in [0.4, 0.5) is 0 Å². The SMILES string of the molecule is CC([NH3+])c1c(OC(=O)C(O)c2ccccc2)ccc2ccccc12. The average Bonchev–Trinajstić information content (AvgIpc) is 2.61. The molecule has 0 heterocycles. The zero-order valence-electron chi connectivity index (χ0n) is 13.5. The summed E-state index contributed by atoms with van der Waals surface area (Å²) in [4.78, 5) is 12.3. The van der Waals surface area contributed by atoms with Crippen molar-refractivity contribution in [1.82, 2.24) is 0 Å². The molecule has 0 aromatic heterocycles. The second-order valence-electron chi connectivity index (χ2n) is 5.83. The zero-order chi connectivity index (χ0) is 17.1. The number of hydrogen-bond acceptors (Lipinski definition) is 3. The number of rotatable bonds is 4. The number of ether oxygens (including phenoxy) is 1. The molecule has 0 aliphatic rings. The number of carbonyl (C=O) groups is 1. The van der Waals surface area contributed by atoms with E-state index in [0.29, 0.717) is 11.3 Å². The van der Waals surface area contributed by atoms with E-state index in [-0.39, 0.29) is 6.04 Å². The Balaban J connectivity index is 1.95. The van der Waals surface area contributed by atoms with E-state index in [2.05, 4.69) is 5.73 Å². The predicted octanol–water partition coefficient (Wildman–Crippen LogP) is 2.78. The lowest BCUT2D eigenvalue weighted by atomic mass is 9.99. The summed E-state index contributed by atoms with van der Waals surface area (Å²) >= 11 is 0. The van der Waals surface area contributed by atoms with Crippen molar-refractivity contribution in [3.63, 3.8) is 0 Å². The number of fused-ring (bicyclic) bond motifs is 1. The molecule has 0 spiro atoms. The molecule has 4 nitrogen and oxygen atoms in total. The molecule has 24 heavy (non-hydrogen) atoms. The summed E-state index contributed by atoms with van der Waals surface area (Å²) in [6.07, 6.45) is -1.31. The predicted molar refractivity (Wildman–Crippen MR) is 92.3 cm³/mol. The Morgan fingerprint density at radius 2 is 1.67 bits per heavy atom. The highest BCUT2D eigenvalue weighted by Crippen LogP contribution is 2.32. The number of hydrogen-bond donors (Lipinski definition) is 2. The second-order valence-corrected chi connectivity index (χ2v) is 5.83. The molecule has 0 bridgehead atoms. The van der Waals surface area contributed by atoms with E-state index in [4.69, 9.17) is 4.74 Å². The van der Waals surface area contributed by atoms with Gasteiger partial charge in [-0.3, -0.25) is 0 Å². The van der Waals surface area contributed by atoms with Gasteiger partial charge >= 0.3 is 5.97 Å². The molecule has 3 aromatic carbocycles. The van der Waals surface area contributed by atoms with Gasteiger partial charge in [-0.05, 0) is 29.3 Å². The van der Waals surface area contributed by atoms with E-state index in [1.165, 1.54) is 0 Å². The molecule has 0 saturated carbocycles. The van der Waals surface area contributed by atoms with Crippen LogP contribution in [0.3, 0.4) is 0 Å². The van der Waals surface area contributed by atoms with E-state index in [0.717, 1.165) is 16.3 Å². The van der Waals surface area contributed by atoms with Gasteiger partial charge in [-0.2, -0.15) is 0 Å². The third-order valence-corrected chi connectivity index (χ3v) is 3.97. The van der Waals surface area contributed by atoms with Crippen LogP contribution in [0.15, 0.2) is 66.7 Å². The summed E-state index contributed by atoms with van der Waals surface area (Å²) in [5.41, 5.74) is 5.45. The Labute approximate surface area is 140 Å². The van der Waals surface area contributed by atoms with Crippen LogP contribution in [0.1, 0.15) is 30.2 Å². The molecule has 0 saturated heterocycles. The smallest absolute Gasteiger partial charge is 0.345 e. The molecule has 0 aliphatic heterocycles. The molecule has 4 heteroatoms. The third-order valence-electron chi connectivity index (χ3n) is 3.97. The van der Waals surface area contributed by atoms with Crippen molar-refractivity contribution < 1.29 is 20.4 Å². The minimum atomic E-state index is -1.31. The standard InChI is InChI=1S/C20H19NO3/c1-13(21)18-16-10-6-5-7-14(16)11-12-17(18)24-20(23)19(22)15-8-3-2-4-9-15/h2-13,19,22H,21H2,1H3/p+1. The Kier molecular flexibility index (Phi) is 4.60. The summed E-state index contributed by atoms with van der Waals surface area (Å²) in [5, 5.41) is 12.3. The lowest BCUT2D eigenvalue weighted by Gasteiger charge is -2.16. The largest absolute Gasteiger partial charge is 0.424 e. The van der Waals surface area contributed by atoms with Crippen molar-refractivity contribution in [2.75, 3.05) is 0 Å². The van der Waals surface area contributed by atoms with Gasteiger partial charge in [0, 0.05) is 0 Å². The Hall–Kier alpha value is -2.69. The van der Waals surface area contributed by atoms with Gasteiger partial charge in [0.1, 0.15) is 11.8 Å². The molecule has 122 valence electrons. The van der Waals surface area contributed by atoms with Gasteiger partial charge in [0.05, 0.1) is 5.56 Å². The summed E-state index contributed by atoms with van der Waals surface area (Å²) in [7, 11) is 0. The molecular weight excluding hydrogens is 302 g/mol. The average molecular weight is 322 g/mol. The van der Waals surface area contributed by atoms with Gasteiger partial charge in [-0.25, -0.2) is 4.79 Å². The number of carbonyl (C=O) groups excluding carboxylic acids is 1. The summed E-state index contributed by atoms with van der Waals surface area (Å²) in [5.74, 6) is -0.255. The van der Waals surface area contributed by atoms with Crippen molar-refractivity contribution >= 4 is 16.7 Å². The van der Waals surface area contributed by atoms with Crippen LogP contribution in [0.25, 0.3) is 10.8 Å². The van der Waals surface area contributed by atoms with E-state index in [1.807, 2.05) is 43.3 Å². The maximum absolute atomic E-state index is 12.3. The minimum absolute atomic E-state index is 0.0623. The van der Waals surface area contributed by atoms with E-state index >= 15 is 0 Å². The molecule has 3 rings (SSSR count). The topological polar surface area (TPSA) is 74.2 Å². The van der Waals surface area contributed by atoms with Gasteiger partial charge in [0.25, 0.3) is 0 Å². The number of benzene rings is 3. The second kappa shape index (κ2) is 6.83. The molecule has 2 unspecified atom stereocenters. The fraction of sp³-hybridized carbons (Fsp3) is 0.150. The normalized spacial score (nSPS) is 13.5. The lowest BCUT2D eigenvalue weighted by molar-refractivity contribution is -0.420. The van der Waals surface area contributed by atoms with E-state index in [1.54, 1.807) is 30.3 Å². The number of aliphatic hydroxyl groups is 1. The van der Waals surface area contributed by atoms with Crippen molar-refractivity contribution in [3.05, 3.63) is 77.9 Å². The number of quaternary nitrogens is 1. The highest BCUT2D eigenvalue weighted by Gasteiger charge is 2.23. The summed E-state index contributed by atoms with van der Waals surface area (Å²) < 4.78 is 5.50. The van der Waals surface area contributed by atoms with Crippen molar-refractivity contribution in [2.45, 2.75) is 19.1 Å². The molecule has 0 amide bonds. The maximum atomic E-state index is 12.3. The van der Waals surface area contributed by atoms with Gasteiger partial charge in [-0.1, -0.05) is 60.7 Å². The Morgan fingerprint density at radius 1 is 1.00 bits per heavy atom. The van der Waals surface area contributed by atoms with Crippen molar-refractivity contribution in [1.29, 1.82) is 0 Å². The fourth-order valence-corrected chi connectivity index (χ4v) is 2.81. The van der Waals surface area contributed by atoms with E-state index < -0.39 is 12.1 Å². The minimum Gasteiger partial charge on any atom is -0.424 e. The first kappa shape index (κ1) is 16.2. The fourth-order valence-electron chi connectivity index (χ4n) is 2.81. The van der Waals surface area contributed by atoms with Crippen LogP contribution in [-0.4, -0.2) is 11.1 Å². The zero-order valence-corrected chi connectivity index (χ0v) is 13.5. The van der Waals surface area contributed by atoms with Crippen molar-refractivity contribution in [3.8, 4) is 5.75 Å². The van der Waals surface area contributed by atoms with Gasteiger partial charge < -0.3 is 15.6 Å². The first-order chi connectivity index (χ1) is 11.6. The quantitative estimate of drug-likeness (QED) is 0.573. The summed E-state index contributed by atoms with van der Waals surface area (Å²) in [6.45, 7) is 1.95. The first-order valence-electron chi connectivity index (χ1n) is 7.87. The molecule has 4 N–H and O–H groups in total. The van der Waals surface area contributed by atoms with Crippen molar-refractivity contribution in [2.24, 2.45) is 0 Å². The van der Waals surface area contributed by atoms with Gasteiger partial charge in [-0.15, -0.1) is 0 Å². The third kappa shape index (κ3) is 3.15. The lowest BCUT2D eigenvalue weighted by Crippen LogP contribution is -2.52. The van der Waals surface area contributed by atoms with Crippen LogP contribution in [-0.2, 0) is 4.79 Å². The highest BCUT2D eigenvalue weighted by molar-refractivity contribution is 5.89. The summed E-state index contributed by atoms with van der Waals surface area (Å²) in [6, 6.07) is 20.2. The molecule has 3 aromatic rings. The number of esters is 1. The molecular formula is C20H20NO3+. The van der Waals surface area contributed by atoms with Gasteiger partial charge in [0.2, 0.25) is 0 Å². The van der Waals surface area contributed by atoms with Crippen LogP contribution >= 0.6 is 0 Å². The monoisotopic (exact) mass is 322 g/mol. The molecule has 0 radical (unpaired) electrons. The highest BCUT2D eigenvalue weighted by atomic mass is 16.5. The van der Waals surface area contributed by atoms with Crippen LogP contribution in [0.2, 0.25) is 0 Å². The maximum Gasteiger partial charge on any atom is 0.345 e. The first-order valence-corrected chi connectivity index (χ1v) is 7.87. The Bertz CT molecular complexity index is 859. The van der Waals surface area contributed by atoms with Crippen LogP contribution in [0.5, 0.6) is 5.75 Å². The number of aliphatic hydroxyl groups excluding tert-OH is 1. The van der Waals surface area contributed by atoms with Crippen LogP contribution < -0.4 is 10.5 Å². The van der Waals surface area contributed by atoms with E-state index in [9.17, 15) is 9.90 Å². The molecule has 2 atom stereocenters. The molecule has 0 aliphatic carbocycles.